The molecule has 0 aliphatic carbocycles. The van der Waals surface area contributed by atoms with Crippen LogP contribution in [0.15, 0.2) is 73.8 Å². The fourth-order valence-corrected chi connectivity index (χ4v) is 4.17. The van der Waals surface area contributed by atoms with Gasteiger partial charge in [0.05, 0.1) is 17.2 Å². The van der Waals surface area contributed by atoms with Crippen LogP contribution in [0.2, 0.25) is 0 Å². The molecule has 166 valence electrons. The van der Waals surface area contributed by atoms with Crippen molar-refractivity contribution in [1.29, 1.82) is 0 Å². The van der Waals surface area contributed by atoms with Crippen LogP contribution in [0.25, 0.3) is 55.7 Å². The molecule has 0 atom stereocenters. The Morgan fingerprint density at radius 3 is 2.59 bits per heavy atom. The molecular formula is C26H22N8. The minimum Gasteiger partial charge on any atom is -0.345 e. The van der Waals surface area contributed by atoms with Crippen LogP contribution in [0.5, 0.6) is 0 Å². The minimum absolute atomic E-state index is 0.766. The first-order valence-corrected chi connectivity index (χ1v) is 11.2. The molecule has 0 spiro atoms. The molecule has 34 heavy (non-hydrogen) atoms. The molecular weight excluding hydrogens is 424 g/mol. The first-order chi connectivity index (χ1) is 16.8. The third-order valence-corrected chi connectivity index (χ3v) is 5.88. The predicted molar refractivity (Wildman–Crippen MR) is 133 cm³/mol. The molecule has 0 amide bonds. The van der Waals surface area contributed by atoms with Crippen LogP contribution < -0.4 is 5.32 Å². The maximum absolute atomic E-state index is 4.95. The Hall–Kier alpha value is -4.43. The number of imidazole rings is 1. The second-order valence-electron chi connectivity index (χ2n) is 8.09. The van der Waals surface area contributed by atoms with Crippen molar-refractivity contribution in [1.82, 2.24) is 40.2 Å². The van der Waals surface area contributed by atoms with Gasteiger partial charge in [0, 0.05) is 77.6 Å². The van der Waals surface area contributed by atoms with Gasteiger partial charge in [0.1, 0.15) is 11.5 Å². The van der Waals surface area contributed by atoms with Gasteiger partial charge in [-0.05, 0) is 41.9 Å². The number of rotatable bonds is 6. The molecule has 8 heteroatoms. The second-order valence-corrected chi connectivity index (χ2v) is 8.09. The Labute approximate surface area is 195 Å². The first-order valence-electron chi connectivity index (χ1n) is 11.2. The highest BCUT2D eigenvalue weighted by atomic mass is 14.9. The zero-order valence-electron chi connectivity index (χ0n) is 18.6. The average molecular weight is 447 g/mol. The maximum Gasteiger partial charge on any atom is 0.140 e. The summed E-state index contributed by atoms with van der Waals surface area (Å²) in [7, 11) is 0. The lowest BCUT2D eigenvalue weighted by Gasteiger charge is -2.06. The van der Waals surface area contributed by atoms with Crippen molar-refractivity contribution >= 4 is 22.1 Å². The average Bonchev–Trinajstić information content (AvgIpc) is 3.51. The van der Waals surface area contributed by atoms with Crippen LogP contribution in [-0.2, 0) is 6.54 Å². The summed E-state index contributed by atoms with van der Waals surface area (Å²) in [6.07, 6.45) is 14.8. The van der Waals surface area contributed by atoms with Gasteiger partial charge in [-0.25, -0.2) is 9.97 Å². The smallest absolute Gasteiger partial charge is 0.140 e. The van der Waals surface area contributed by atoms with Gasteiger partial charge in [-0.15, -0.1) is 0 Å². The van der Waals surface area contributed by atoms with Crippen LogP contribution in [0.1, 0.15) is 12.5 Å². The number of hydrogen-bond donors (Lipinski definition) is 3. The van der Waals surface area contributed by atoms with Gasteiger partial charge in [0.25, 0.3) is 0 Å². The highest BCUT2D eigenvalue weighted by molar-refractivity contribution is 5.98. The van der Waals surface area contributed by atoms with Gasteiger partial charge >= 0.3 is 0 Å². The summed E-state index contributed by atoms with van der Waals surface area (Å²) in [6.45, 7) is 3.80. The molecule has 0 bridgehead atoms. The number of hydrogen-bond acceptors (Lipinski definition) is 6. The number of H-pyrrole nitrogens is 2. The summed E-state index contributed by atoms with van der Waals surface area (Å²) >= 11 is 0. The van der Waals surface area contributed by atoms with Crippen LogP contribution in [0.4, 0.5) is 0 Å². The molecule has 0 unspecified atom stereocenters. The van der Waals surface area contributed by atoms with E-state index in [4.69, 9.17) is 4.98 Å². The number of nitrogens with one attached hydrogen (secondary N) is 3. The zero-order valence-corrected chi connectivity index (χ0v) is 18.6. The van der Waals surface area contributed by atoms with Crippen LogP contribution in [0, 0.1) is 0 Å². The van der Waals surface area contributed by atoms with Crippen molar-refractivity contribution in [3.8, 4) is 33.6 Å². The summed E-state index contributed by atoms with van der Waals surface area (Å²) < 4.78 is 0. The Morgan fingerprint density at radius 1 is 0.853 bits per heavy atom. The summed E-state index contributed by atoms with van der Waals surface area (Å²) in [6, 6.07) is 8.21. The van der Waals surface area contributed by atoms with Crippen molar-refractivity contribution in [2.75, 3.05) is 6.54 Å². The monoisotopic (exact) mass is 446 g/mol. The molecule has 0 fully saturated rings. The molecule has 8 nitrogen and oxygen atoms in total. The van der Waals surface area contributed by atoms with Gasteiger partial charge in [-0.2, -0.15) is 0 Å². The molecule has 0 aliphatic rings. The number of nitrogens with zero attached hydrogens (tertiary/aromatic N) is 5. The predicted octanol–water partition coefficient (Wildman–Crippen LogP) is 4.73. The highest BCUT2D eigenvalue weighted by Crippen LogP contribution is 2.33. The summed E-state index contributed by atoms with van der Waals surface area (Å²) in [5.74, 6) is 0.766. The van der Waals surface area contributed by atoms with Crippen molar-refractivity contribution in [3.63, 3.8) is 0 Å². The van der Waals surface area contributed by atoms with Crippen molar-refractivity contribution in [2.24, 2.45) is 0 Å². The molecule has 0 saturated carbocycles. The Morgan fingerprint density at radius 2 is 1.71 bits per heavy atom. The fraction of sp³-hybridized carbons (Fsp3) is 0.115. The molecule has 6 aromatic heterocycles. The molecule has 3 N–H and O–H groups in total. The maximum atomic E-state index is 4.95. The Balaban J connectivity index is 1.44. The topological polar surface area (TPSA) is 108 Å². The van der Waals surface area contributed by atoms with Gasteiger partial charge in [-0.3, -0.25) is 15.0 Å². The van der Waals surface area contributed by atoms with E-state index in [9.17, 15) is 0 Å². The first kappa shape index (κ1) is 20.2. The standard InChI is InChI=1S/C26H22N8/c1-2-27-9-16-7-18(11-29-10-16)19-8-20-22(14-32-25(20)31-12-19)26-33-23-15-30-13-21(24(23)34-26)17-3-5-28-6-4-17/h3-8,10-15,27H,2,9H2,1H3,(H,31,32)(H,33,34). The van der Waals surface area contributed by atoms with Crippen LogP contribution in [-0.4, -0.2) is 41.4 Å². The molecule has 0 aromatic carbocycles. The van der Waals surface area contributed by atoms with E-state index in [-0.39, 0.29) is 0 Å². The van der Waals surface area contributed by atoms with Crippen LogP contribution in [0.3, 0.4) is 0 Å². The molecule has 6 heterocycles. The van der Waals surface area contributed by atoms with E-state index in [1.54, 1.807) is 18.6 Å². The number of pyridine rings is 4. The van der Waals surface area contributed by atoms with E-state index in [0.717, 1.165) is 74.4 Å². The fourth-order valence-electron chi connectivity index (χ4n) is 4.17. The summed E-state index contributed by atoms with van der Waals surface area (Å²) in [5.41, 5.74) is 8.69. The lowest BCUT2D eigenvalue weighted by Crippen LogP contribution is -2.11. The zero-order chi connectivity index (χ0) is 22.9. The van der Waals surface area contributed by atoms with Gasteiger partial charge < -0.3 is 15.3 Å². The molecule has 6 rings (SSSR count). The highest BCUT2D eigenvalue weighted by Gasteiger charge is 2.15. The van der Waals surface area contributed by atoms with E-state index in [1.807, 2.05) is 43.1 Å². The van der Waals surface area contributed by atoms with E-state index < -0.39 is 0 Å². The second kappa shape index (κ2) is 8.49. The third kappa shape index (κ3) is 3.60. The van der Waals surface area contributed by atoms with Crippen molar-refractivity contribution < 1.29 is 0 Å². The van der Waals surface area contributed by atoms with Gasteiger partial charge in [0.15, 0.2) is 0 Å². The largest absolute Gasteiger partial charge is 0.345 e. The van der Waals surface area contributed by atoms with E-state index in [0.29, 0.717) is 0 Å². The van der Waals surface area contributed by atoms with E-state index in [1.165, 1.54) is 0 Å². The van der Waals surface area contributed by atoms with E-state index >= 15 is 0 Å². The minimum atomic E-state index is 0.766. The number of aromatic nitrogens is 7. The molecule has 0 radical (unpaired) electrons. The Bertz CT molecular complexity index is 1600. The number of aromatic amines is 2. The van der Waals surface area contributed by atoms with Gasteiger partial charge in [-0.1, -0.05) is 6.92 Å². The van der Waals surface area contributed by atoms with Gasteiger partial charge in [0.2, 0.25) is 0 Å². The molecule has 0 aliphatic heterocycles. The molecule has 6 aromatic rings. The number of fused-ring (bicyclic) bond motifs is 2. The molecule has 0 saturated heterocycles. The van der Waals surface area contributed by atoms with Crippen molar-refractivity contribution in [3.05, 3.63) is 79.4 Å². The quantitative estimate of drug-likeness (QED) is 0.341. The normalized spacial score (nSPS) is 11.4. The van der Waals surface area contributed by atoms with Crippen molar-refractivity contribution in [2.45, 2.75) is 13.5 Å². The van der Waals surface area contributed by atoms with Crippen LogP contribution >= 0.6 is 0 Å². The summed E-state index contributed by atoms with van der Waals surface area (Å²) in [4.78, 5) is 29.3. The third-order valence-electron chi connectivity index (χ3n) is 5.88. The lowest BCUT2D eigenvalue weighted by molar-refractivity contribution is 0.724. The SMILES string of the molecule is CCNCc1cncc(-c2cnc3[nH]cc(-c4nc5c(-c6ccncc6)cncc5[nH]4)c3c2)c1. The lowest BCUT2D eigenvalue weighted by atomic mass is 10.1. The van der Waals surface area contributed by atoms with E-state index in [2.05, 4.69) is 54.3 Å². The Kier molecular flexibility index (Phi) is 5.04. The summed E-state index contributed by atoms with van der Waals surface area (Å²) in [5, 5.41) is 4.34.